The largest absolute Gasteiger partial charge is 0.340 e. The van der Waals surface area contributed by atoms with Crippen molar-refractivity contribution in [3.05, 3.63) is 51.9 Å². The van der Waals surface area contributed by atoms with E-state index in [4.69, 9.17) is 0 Å². The molecule has 1 amide bonds. The summed E-state index contributed by atoms with van der Waals surface area (Å²) in [6.45, 7) is 8.27. The molecule has 3 rings (SSSR count). The van der Waals surface area contributed by atoms with E-state index < -0.39 is 0 Å². The zero-order valence-corrected chi connectivity index (χ0v) is 17.7. The Kier molecular flexibility index (Phi) is 5.81. The summed E-state index contributed by atoms with van der Waals surface area (Å²) in [5.74, 6) is 0.398. The lowest BCUT2D eigenvalue weighted by molar-refractivity contribution is -0.129. The van der Waals surface area contributed by atoms with Gasteiger partial charge in [0, 0.05) is 23.9 Å². The van der Waals surface area contributed by atoms with Crippen LogP contribution < -0.4 is 0 Å². The van der Waals surface area contributed by atoms with Gasteiger partial charge in [0.2, 0.25) is 5.91 Å². The summed E-state index contributed by atoms with van der Waals surface area (Å²) in [5, 5.41) is 1.58. The van der Waals surface area contributed by atoms with Crippen LogP contribution in [0.25, 0.3) is 10.2 Å². The first kappa shape index (κ1) is 19.8. The summed E-state index contributed by atoms with van der Waals surface area (Å²) < 4.78 is 13.4. The van der Waals surface area contributed by atoms with Crippen molar-refractivity contribution in [2.24, 2.45) is 0 Å². The van der Waals surface area contributed by atoms with Crippen LogP contribution in [0.4, 0.5) is 4.39 Å². The van der Waals surface area contributed by atoms with Gasteiger partial charge in [0.25, 0.3) is 0 Å². The van der Waals surface area contributed by atoms with Gasteiger partial charge in [-0.2, -0.15) is 0 Å². The summed E-state index contributed by atoms with van der Waals surface area (Å²) in [4.78, 5) is 25.8. The first-order valence-corrected chi connectivity index (χ1v) is 10.4. The van der Waals surface area contributed by atoms with E-state index in [9.17, 15) is 9.18 Å². The molecule has 2 heterocycles. The number of carbonyl (C=O) groups excluding carboxylic acids is 1. The SMILES string of the molecule is Cc1nc(SC(C)C(=O)N(C)Cc2cccc(F)c2)c2c(C)c(C)sc2n1. The molecule has 0 spiro atoms. The molecule has 1 aromatic carbocycles. The van der Waals surface area contributed by atoms with E-state index in [0.29, 0.717) is 12.4 Å². The van der Waals surface area contributed by atoms with E-state index >= 15 is 0 Å². The lowest BCUT2D eigenvalue weighted by Crippen LogP contribution is -2.32. The third-order valence-corrected chi connectivity index (χ3v) is 6.60. The number of rotatable bonds is 5. The molecule has 0 aliphatic rings. The van der Waals surface area contributed by atoms with E-state index in [-0.39, 0.29) is 17.0 Å². The molecular formula is C20H22FN3OS2. The molecule has 0 bridgehead atoms. The van der Waals surface area contributed by atoms with Crippen LogP contribution in [0.3, 0.4) is 0 Å². The normalized spacial score (nSPS) is 12.4. The Morgan fingerprint density at radius 2 is 2.04 bits per heavy atom. The van der Waals surface area contributed by atoms with Gasteiger partial charge in [-0.1, -0.05) is 23.9 Å². The zero-order valence-electron chi connectivity index (χ0n) is 16.0. The van der Waals surface area contributed by atoms with Crippen molar-refractivity contribution in [3.63, 3.8) is 0 Å². The highest BCUT2D eigenvalue weighted by molar-refractivity contribution is 8.00. The van der Waals surface area contributed by atoms with Crippen LogP contribution >= 0.6 is 23.1 Å². The average Bonchev–Trinajstić information content (AvgIpc) is 2.88. The molecule has 27 heavy (non-hydrogen) atoms. The standard InChI is InChI=1S/C20H22FN3OS2/c1-11-12(2)26-18-17(11)19(23-14(4)22-18)27-13(3)20(25)24(5)10-15-7-6-8-16(21)9-15/h6-9,13H,10H2,1-5H3. The molecule has 7 heteroatoms. The number of benzene rings is 1. The number of carbonyl (C=O) groups is 1. The number of fused-ring (bicyclic) bond motifs is 1. The first-order valence-electron chi connectivity index (χ1n) is 8.66. The van der Waals surface area contributed by atoms with Crippen LogP contribution in [0, 0.1) is 26.6 Å². The maximum atomic E-state index is 13.4. The van der Waals surface area contributed by atoms with Gasteiger partial charge in [-0.25, -0.2) is 14.4 Å². The predicted octanol–water partition coefficient (Wildman–Crippen LogP) is 4.89. The van der Waals surface area contributed by atoms with Crippen LogP contribution in [0.2, 0.25) is 0 Å². The van der Waals surface area contributed by atoms with Crippen molar-refractivity contribution in [2.75, 3.05) is 7.05 Å². The Hall–Kier alpha value is -1.99. The predicted molar refractivity (Wildman–Crippen MR) is 110 cm³/mol. The number of hydrogen-bond donors (Lipinski definition) is 0. The molecule has 1 atom stereocenters. The molecule has 0 N–H and O–H groups in total. The average molecular weight is 404 g/mol. The fourth-order valence-electron chi connectivity index (χ4n) is 2.92. The van der Waals surface area contributed by atoms with Gasteiger partial charge >= 0.3 is 0 Å². The minimum atomic E-state index is -0.305. The molecular weight excluding hydrogens is 381 g/mol. The van der Waals surface area contributed by atoms with E-state index in [1.165, 1.54) is 34.3 Å². The summed E-state index contributed by atoms with van der Waals surface area (Å²) in [6.07, 6.45) is 0. The van der Waals surface area contributed by atoms with Crippen molar-refractivity contribution in [1.82, 2.24) is 14.9 Å². The maximum Gasteiger partial charge on any atom is 0.235 e. The molecule has 4 nitrogen and oxygen atoms in total. The lowest BCUT2D eigenvalue weighted by atomic mass is 10.2. The highest BCUT2D eigenvalue weighted by Gasteiger charge is 2.22. The van der Waals surface area contributed by atoms with Crippen molar-refractivity contribution < 1.29 is 9.18 Å². The summed E-state index contributed by atoms with van der Waals surface area (Å²) in [5.41, 5.74) is 1.94. The lowest BCUT2D eigenvalue weighted by Gasteiger charge is -2.21. The van der Waals surface area contributed by atoms with Gasteiger partial charge in [0.15, 0.2) is 0 Å². The minimum Gasteiger partial charge on any atom is -0.340 e. The van der Waals surface area contributed by atoms with Gasteiger partial charge in [-0.15, -0.1) is 11.3 Å². The summed E-state index contributed by atoms with van der Waals surface area (Å²) >= 11 is 3.11. The Morgan fingerprint density at radius 1 is 1.30 bits per heavy atom. The number of aryl methyl sites for hydroxylation is 3. The Labute approximate surface area is 166 Å². The van der Waals surface area contributed by atoms with Gasteiger partial charge in [0.05, 0.1) is 5.25 Å². The van der Waals surface area contributed by atoms with Crippen LogP contribution in [-0.4, -0.2) is 33.1 Å². The second-order valence-corrected chi connectivity index (χ2v) is 9.16. The molecule has 0 fully saturated rings. The number of thiophene rings is 1. The van der Waals surface area contributed by atoms with Crippen molar-refractivity contribution in [1.29, 1.82) is 0 Å². The van der Waals surface area contributed by atoms with Crippen molar-refractivity contribution in [3.8, 4) is 0 Å². The topological polar surface area (TPSA) is 46.1 Å². The Morgan fingerprint density at radius 3 is 2.74 bits per heavy atom. The number of halogens is 1. The smallest absolute Gasteiger partial charge is 0.235 e. The quantitative estimate of drug-likeness (QED) is 0.449. The molecule has 0 radical (unpaired) electrons. The van der Waals surface area contributed by atoms with E-state index in [0.717, 1.165) is 20.8 Å². The van der Waals surface area contributed by atoms with Gasteiger partial charge in [0.1, 0.15) is 21.5 Å². The fourth-order valence-corrected chi connectivity index (χ4v) is 5.22. The minimum absolute atomic E-state index is 0.0155. The Balaban J connectivity index is 1.79. The number of aromatic nitrogens is 2. The maximum absolute atomic E-state index is 13.4. The second-order valence-electron chi connectivity index (χ2n) is 6.62. The van der Waals surface area contributed by atoms with Crippen molar-refractivity contribution >= 4 is 39.2 Å². The Bertz CT molecular complexity index is 1000. The van der Waals surface area contributed by atoms with E-state index in [1.807, 2.05) is 19.9 Å². The molecule has 0 aliphatic heterocycles. The van der Waals surface area contributed by atoms with Gasteiger partial charge < -0.3 is 4.90 Å². The fraction of sp³-hybridized carbons (Fsp3) is 0.350. The zero-order chi connectivity index (χ0) is 19.7. The van der Waals surface area contributed by atoms with Crippen LogP contribution in [0.1, 0.15) is 28.8 Å². The number of nitrogens with zero attached hydrogens (tertiary/aromatic N) is 3. The van der Waals surface area contributed by atoms with E-state index in [2.05, 4.69) is 23.8 Å². The van der Waals surface area contributed by atoms with E-state index in [1.54, 1.807) is 29.4 Å². The molecule has 0 aliphatic carbocycles. The van der Waals surface area contributed by atoms with Crippen molar-refractivity contribution in [2.45, 2.75) is 44.5 Å². The molecule has 1 unspecified atom stereocenters. The summed E-state index contributed by atoms with van der Waals surface area (Å²) in [6, 6.07) is 6.33. The van der Waals surface area contributed by atoms with Gasteiger partial charge in [-0.05, 0) is 51.0 Å². The third-order valence-electron chi connectivity index (χ3n) is 4.43. The highest BCUT2D eigenvalue weighted by Crippen LogP contribution is 2.36. The monoisotopic (exact) mass is 403 g/mol. The second kappa shape index (κ2) is 7.94. The molecule has 3 aromatic rings. The highest BCUT2D eigenvalue weighted by atomic mass is 32.2. The molecule has 2 aromatic heterocycles. The molecule has 142 valence electrons. The summed E-state index contributed by atoms with van der Waals surface area (Å²) in [7, 11) is 1.74. The van der Waals surface area contributed by atoms with Crippen LogP contribution in [-0.2, 0) is 11.3 Å². The first-order chi connectivity index (χ1) is 12.8. The molecule has 0 saturated carbocycles. The van der Waals surface area contributed by atoms with Crippen LogP contribution in [0.15, 0.2) is 29.3 Å². The van der Waals surface area contributed by atoms with Crippen LogP contribution in [0.5, 0.6) is 0 Å². The number of amides is 1. The number of thioether (sulfide) groups is 1. The molecule has 0 saturated heterocycles. The third kappa shape index (κ3) is 4.30. The number of hydrogen-bond acceptors (Lipinski definition) is 5. The van der Waals surface area contributed by atoms with Gasteiger partial charge in [-0.3, -0.25) is 4.79 Å².